The number of esters is 1. The van der Waals surface area contributed by atoms with Crippen LogP contribution in [0.25, 0.3) is 0 Å². The van der Waals surface area contributed by atoms with Gasteiger partial charge < -0.3 is 25.2 Å². The van der Waals surface area contributed by atoms with Crippen molar-refractivity contribution >= 4 is 18.0 Å². The molecule has 0 heterocycles. The normalized spacial score (nSPS) is 11.5. The molecule has 116 valence electrons. The van der Waals surface area contributed by atoms with Crippen molar-refractivity contribution < 1.29 is 29.0 Å². The average molecular weight is 290 g/mol. The van der Waals surface area contributed by atoms with Crippen molar-refractivity contribution in [3.8, 4) is 0 Å². The summed E-state index contributed by atoms with van der Waals surface area (Å²) in [5.74, 6) is -1.98. The zero-order valence-electron chi connectivity index (χ0n) is 11.8. The van der Waals surface area contributed by atoms with E-state index in [1.165, 1.54) is 0 Å². The number of carbonyl (C=O) groups excluding carboxylic acids is 2. The lowest BCUT2D eigenvalue weighted by Crippen LogP contribution is -2.47. The van der Waals surface area contributed by atoms with Gasteiger partial charge in [-0.3, -0.25) is 4.79 Å². The van der Waals surface area contributed by atoms with E-state index in [-0.39, 0.29) is 0 Å². The van der Waals surface area contributed by atoms with Crippen molar-refractivity contribution in [1.29, 1.82) is 0 Å². The van der Waals surface area contributed by atoms with Crippen molar-refractivity contribution in [2.75, 3.05) is 27.4 Å². The minimum atomic E-state index is -1.30. The van der Waals surface area contributed by atoms with Gasteiger partial charge in [0.15, 0.2) is 0 Å². The maximum atomic E-state index is 11.5. The van der Waals surface area contributed by atoms with Crippen LogP contribution in [-0.2, 0) is 19.1 Å². The van der Waals surface area contributed by atoms with Crippen LogP contribution in [0.5, 0.6) is 0 Å². The van der Waals surface area contributed by atoms with Gasteiger partial charge in [0.05, 0.1) is 13.5 Å². The largest absolute Gasteiger partial charge is 0.480 e. The molecule has 0 aliphatic carbocycles. The van der Waals surface area contributed by atoms with Crippen LogP contribution in [0.3, 0.4) is 0 Å². The Bertz CT molecular complexity index is 321. The summed E-state index contributed by atoms with van der Waals surface area (Å²) < 4.78 is 9.25. The number of carboxylic acid groups (broad SMARTS) is 1. The standard InChI is InChI=1S/C12H22N2O6/c1-19-7-5-3-4-6-13-12(18)14-9(11(16)17)8-10(15)20-2/h9H,3-8H2,1-2H3,(H,16,17)(H2,13,14,18)/t9-/m0/s1. The van der Waals surface area contributed by atoms with E-state index in [0.29, 0.717) is 13.2 Å². The number of amides is 2. The van der Waals surface area contributed by atoms with Gasteiger partial charge in [0.1, 0.15) is 6.04 Å². The molecular formula is C12H22N2O6. The van der Waals surface area contributed by atoms with E-state index in [2.05, 4.69) is 15.4 Å². The highest BCUT2D eigenvalue weighted by Crippen LogP contribution is 1.96. The van der Waals surface area contributed by atoms with Crippen LogP contribution in [0.1, 0.15) is 25.7 Å². The summed E-state index contributed by atoms with van der Waals surface area (Å²) in [4.78, 5) is 33.3. The van der Waals surface area contributed by atoms with Crippen molar-refractivity contribution in [3.05, 3.63) is 0 Å². The van der Waals surface area contributed by atoms with E-state index < -0.39 is 30.4 Å². The van der Waals surface area contributed by atoms with Gasteiger partial charge in [-0.2, -0.15) is 0 Å². The van der Waals surface area contributed by atoms with Crippen LogP contribution >= 0.6 is 0 Å². The van der Waals surface area contributed by atoms with Crippen LogP contribution in [-0.4, -0.2) is 56.5 Å². The maximum absolute atomic E-state index is 11.5. The summed E-state index contributed by atoms with van der Waals surface area (Å²) >= 11 is 0. The monoisotopic (exact) mass is 290 g/mol. The van der Waals surface area contributed by atoms with Crippen molar-refractivity contribution in [1.82, 2.24) is 10.6 Å². The zero-order valence-corrected chi connectivity index (χ0v) is 11.8. The quantitative estimate of drug-likeness (QED) is 0.389. The molecule has 0 aromatic carbocycles. The zero-order chi connectivity index (χ0) is 15.4. The van der Waals surface area contributed by atoms with E-state index in [4.69, 9.17) is 9.84 Å². The maximum Gasteiger partial charge on any atom is 0.326 e. The lowest BCUT2D eigenvalue weighted by Gasteiger charge is -2.14. The molecule has 0 saturated heterocycles. The number of hydrogen-bond donors (Lipinski definition) is 3. The van der Waals surface area contributed by atoms with Crippen LogP contribution in [0.15, 0.2) is 0 Å². The second-order valence-corrected chi connectivity index (χ2v) is 4.12. The van der Waals surface area contributed by atoms with Crippen LogP contribution in [0.4, 0.5) is 4.79 Å². The third-order valence-corrected chi connectivity index (χ3v) is 2.51. The fraction of sp³-hybridized carbons (Fsp3) is 0.750. The summed E-state index contributed by atoms with van der Waals surface area (Å²) in [5.41, 5.74) is 0. The molecule has 0 radical (unpaired) electrons. The molecule has 0 spiro atoms. The highest BCUT2D eigenvalue weighted by atomic mass is 16.5. The molecule has 2 amide bonds. The second kappa shape index (κ2) is 11.0. The highest BCUT2D eigenvalue weighted by molar-refractivity contribution is 5.86. The first kappa shape index (κ1) is 18.2. The third-order valence-electron chi connectivity index (χ3n) is 2.51. The van der Waals surface area contributed by atoms with Crippen LogP contribution < -0.4 is 10.6 Å². The van der Waals surface area contributed by atoms with E-state index in [9.17, 15) is 14.4 Å². The molecule has 0 fully saturated rings. The molecule has 0 aromatic rings. The fourth-order valence-corrected chi connectivity index (χ4v) is 1.41. The Balaban J connectivity index is 3.90. The number of hydrogen-bond acceptors (Lipinski definition) is 5. The number of carbonyl (C=O) groups is 3. The highest BCUT2D eigenvalue weighted by Gasteiger charge is 2.23. The molecule has 1 atom stereocenters. The van der Waals surface area contributed by atoms with Crippen LogP contribution in [0.2, 0.25) is 0 Å². The molecule has 0 aromatic heterocycles. The van der Waals surface area contributed by atoms with E-state index in [1.807, 2.05) is 0 Å². The fourth-order valence-electron chi connectivity index (χ4n) is 1.41. The molecule has 8 heteroatoms. The number of urea groups is 1. The van der Waals surface area contributed by atoms with Gasteiger partial charge >= 0.3 is 18.0 Å². The summed E-state index contributed by atoms with van der Waals surface area (Å²) in [6, 6.07) is -1.91. The molecule has 0 unspecified atom stereocenters. The topological polar surface area (TPSA) is 114 Å². The lowest BCUT2D eigenvalue weighted by molar-refractivity contribution is -0.147. The number of ether oxygens (including phenoxy) is 2. The Morgan fingerprint density at radius 2 is 1.85 bits per heavy atom. The van der Waals surface area contributed by atoms with Gasteiger partial charge in [-0.15, -0.1) is 0 Å². The Hall–Kier alpha value is -1.83. The molecule has 0 rings (SSSR count). The first-order chi connectivity index (χ1) is 9.51. The van der Waals surface area contributed by atoms with Crippen molar-refractivity contribution in [2.45, 2.75) is 31.7 Å². The molecule has 0 aliphatic rings. The Labute approximate surface area is 117 Å². The number of carboxylic acids is 1. The molecule has 8 nitrogen and oxygen atoms in total. The molecule has 0 bridgehead atoms. The number of aliphatic carboxylic acids is 1. The van der Waals surface area contributed by atoms with E-state index in [0.717, 1.165) is 26.4 Å². The van der Waals surface area contributed by atoms with Crippen LogP contribution in [0, 0.1) is 0 Å². The summed E-state index contributed by atoms with van der Waals surface area (Å²) in [6.07, 6.45) is 2.16. The van der Waals surface area contributed by atoms with Gasteiger partial charge in [-0.1, -0.05) is 0 Å². The first-order valence-corrected chi connectivity index (χ1v) is 6.34. The third kappa shape index (κ3) is 9.15. The minimum absolute atomic E-state index is 0.410. The number of unbranched alkanes of at least 4 members (excludes halogenated alkanes) is 2. The van der Waals surface area contributed by atoms with Gasteiger partial charge in [0.25, 0.3) is 0 Å². The van der Waals surface area contributed by atoms with Gasteiger partial charge in [-0.05, 0) is 19.3 Å². The van der Waals surface area contributed by atoms with Crippen molar-refractivity contribution in [3.63, 3.8) is 0 Å². The number of methoxy groups -OCH3 is 2. The first-order valence-electron chi connectivity index (χ1n) is 6.34. The smallest absolute Gasteiger partial charge is 0.326 e. The molecule has 0 aliphatic heterocycles. The second-order valence-electron chi connectivity index (χ2n) is 4.12. The van der Waals surface area contributed by atoms with Gasteiger partial charge in [-0.25, -0.2) is 9.59 Å². The number of rotatable bonds is 10. The molecule has 3 N–H and O–H groups in total. The minimum Gasteiger partial charge on any atom is -0.480 e. The lowest BCUT2D eigenvalue weighted by atomic mass is 10.2. The summed E-state index contributed by atoms with van der Waals surface area (Å²) in [7, 11) is 2.78. The Kier molecular flexibility index (Phi) is 10.0. The Morgan fingerprint density at radius 3 is 2.40 bits per heavy atom. The van der Waals surface area contributed by atoms with Gasteiger partial charge in [0.2, 0.25) is 0 Å². The van der Waals surface area contributed by atoms with E-state index in [1.54, 1.807) is 7.11 Å². The summed E-state index contributed by atoms with van der Waals surface area (Å²) in [6.45, 7) is 1.10. The van der Waals surface area contributed by atoms with Gasteiger partial charge in [0, 0.05) is 20.3 Å². The molecular weight excluding hydrogens is 268 g/mol. The average Bonchev–Trinajstić information content (AvgIpc) is 2.41. The Morgan fingerprint density at radius 1 is 1.15 bits per heavy atom. The van der Waals surface area contributed by atoms with Crippen molar-refractivity contribution in [2.24, 2.45) is 0 Å². The number of nitrogens with one attached hydrogen (secondary N) is 2. The SMILES string of the molecule is COCCCCCNC(=O)N[C@@H](CC(=O)OC)C(=O)O. The predicted molar refractivity (Wildman–Crippen MR) is 70.3 cm³/mol. The molecule has 0 saturated carbocycles. The predicted octanol–water partition coefficient (Wildman–Crippen LogP) is 0.119. The summed E-state index contributed by atoms with van der Waals surface area (Å²) in [5, 5.41) is 13.6. The van der Waals surface area contributed by atoms with E-state index >= 15 is 0 Å². The molecule has 20 heavy (non-hydrogen) atoms.